The maximum absolute atomic E-state index is 12.8. The molecule has 1 aromatic carbocycles. The van der Waals surface area contributed by atoms with Gasteiger partial charge in [0, 0.05) is 25.7 Å². The quantitative estimate of drug-likeness (QED) is 0.722. The van der Waals surface area contributed by atoms with E-state index in [2.05, 4.69) is 26.1 Å². The fourth-order valence-electron chi connectivity index (χ4n) is 3.03. The normalized spacial score (nSPS) is 16.6. The number of carbonyl (C=O) groups excluding carboxylic acids is 1. The molecule has 0 aliphatic carbocycles. The zero-order valence-corrected chi connectivity index (χ0v) is 16.3. The summed E-state index contributed by atoms with van der Waals surface area (Å²) in [5.41, 5.74) is 0.0463. The molecule has 0 unspecified atom stereocenters. The van der Waals surface area contributed by atoms with Crippen molar-refractivity contribution in [2.75, 3.05) is 13.1 Å². The van der Waals surface area contributed by atoms with E-state index in [1.165, 1.54) is 23.5 Å². The summed E-state index contributed by atoms with van der Waals surface area (Å²) < 4.78 is 39.3. The Morgan fingerprint density at radius 3 is 2.58 bits per heavy atom. The fourth-order valence-corrected chi connectivity index (χ4v) is 4.32. The minimum atomic E-state index is -4.32. The first kappa shape index (κ1) is 19.4. The van der Waals surface area contributed by atoms with Gasteiger partial charge in [-0.25, -0.2) is 0 Å². The van der Waals surface area contributed by atoms with Crippen molar-refractivity contribution < 1.29 is 18.0 Å². The van der Waals surface area contributed by atoms with Crippen molar-refractivity contribution in [2.24, 2.45) is 0 Å². The summed E-state index contributed by atoms with van der Waals surface area (Å²) in [6, 6.07) is 9.20. The maximum Gasteiger partial charge on any atom is 0.416 e. The molecular weight excluding hydrogens is 429 g/mol. The number of benzene rings is 1. The van der Waals surface area contributed by atoms with Crippen molar-refractivity contribution in [1.82, 2.24) is 10.2 Å². The Bertz CT molecular complexity index is 770. The number of nitrogens with one attached hydrogen (secondary N) is 1. The van der Waals surface area contributed by atoms with Crippen LogP contribution in [-0.2, 0) is 12.7 Å². The Labute approximate surface area is 162 Å². The number of thiophene rings is 1. The van der Waals surface area contributed by atoms with Crippen molar-refractivity contribution in [2.45, 2.75) is 31.6 Å². The average molecular weight is 447 g/mol. The lowest BCUT2D eigenvalue weighted by molar-refractivity contribution is -0.137. The van der Waals surface area contributed by atoms with Crippen LogP contribution in [0.5, 0.6) is 0 Å². The monoisotopic (exact) mass is 446 g/mol. The van der Waals surface area contributed by atoms with Gasteiger partial charge in [0.1, 0.15) is 0 Å². The first-order valence-corrected chi connectivity index (χ1v) is 9.87. The highest BCUT2D eigenvalue weighted by Crippen LogP contribution is 2.30. The predicted octanol–water partition coefficient (Wildman–Crippen LogP) is 4.92. The number of carbonyl (C=O) groups is 1. The van der Waals surface area contributed by atoms with Crippen LogP contribution in [0.4, 0.5) is 13.2 Å². The third-order valence-electron chi connectivity index (χ3n) is 4.38. The highest BCUT2D eigenvalue weighted by molar-refractivity contribution is 9.11. The van der Waals surface area contributed by atoms with Crippen LogP contribution in [0.1, 0.15) is 33.6 Å². The molecule has 1 amide bonds. The molecule has 2 aromatic rings. The minimum Gasteiger partial charge on any atom is -0.349 e. The molecule has 1 N–H and O–H groups in total. The Balaban J connectivity index is 1.50. The van der Waals surface area contributed by atoms with E-state index in [1.807, 2.05) is 6.07 Å². The zero-order valence-electron chi connectivity index (χ0n) is 13.9. The summed E-state index contributed by atoms with van der Waals surface area (Å²) in [5, 5.41) is 3.04. The van der Waals surface area contributed by atoms with E-state index in [0.29, 0.717) is 17.0 Å². The van der Waals surface area contributed by atoms with E-state index >= 15 is 0 Å². The smallest absolute Gasteiger partial charge is 0.349 e. The molecule has 0 atom stereocenters. The highest BCUT2D eigenvalue weighted by atomic mass is 79.9. The Morgan fingerprint density at radius 2 is 1.96 bits per heavy atom. The molecule has 1 aromatic heterocycles. The topological polar surface area (TPSA) is 32.3 Å². The molecule has 140 valence electrons. The van der Waals surface area contributed by atoms with Crippen molar-refractivity contribution in [3.05, 3.63) is 56.2 Å². The molecule has 0 bridgehead atoms. The second-order valence-corrected chi connectivity index (χ2v) is 8.79. The largest absolute Gasteiger partial charge is 0.416 e. The number of amides is 1. The molecule has 8 heteroatoms. The van der Waals surface area contributed by atoms with E-state index in [-0.39, 0.29) is 11.9 Å². The van der Waals surface area contributed by atoms with Crippen LogP contribution in [0.25, 0.3) is 0 Å². The summed E-state index contributed by atoms with van der Waals surface area (Å²) in [4.78, 5) is 15.0. The van der Waals surface area contributed by atoms with Gasteiger partial charge in [0.2, 0.25) is 0 Å². The highest BCUT2D eigenvalue weighted by Gasteiger charge is 2.30. The second kappa shape index (κ2) is 8.10. The summed E-state index contributed by atoms with van der Waals surface area (Å²) in [6.45, 7) is 1.98. The number of alkyl halides is 3. The molecule has 1 aliphatic rings. The molecule has 1 saturated heterocycles. The lowest BCUT2D eigenvalue weighted by atomic mass is 10.0. The lowest BCUT2D eigenvalue weighted by Crippen LogP contribution is -2.44. The van der Waals surface area contributed by atoms with E-state index in [4.69, 9.17) is 0 Å². The number of nitrogens with zero attached hydrogens (tertiary/aromatic N) is 1. The summed E-state index contributed by atoms with van der Waals surface area (Å²) in [7, 11) is 0. The molecule has 0 saturated carbocycles. The van der Waals surface area contributed by atoms with Gasteiger partial charge in [-0.2, -0.15) is 13.2 Å². The van der Waals surface area contributed by atoms with E-state index in [1.54, 1.807) is 12.1 Å². The Hall–Kier alpha value is -1.38. The molecular formula is C18H18BrF3N2OS. The fraction of sp³-hybridized carbons (Fsp3) is 0.389. The van der Waals surface area contributed by atoms with Crippen molar-refractivity contribution in [3.63, 3.8) is 0 Å². The number of rotatable bonds is 4. The van der Waals surface area contributed by atoms with Gasteiger partial charge in [0.25, 0.3) is 5.91 Å². The molecule has 0 spiro atoms. The van der Waals surface area contributed by atoms with Crippen LogP contribution < -0.4 is 5.32 Å². The van der Waals surface area contributed by atoms with Gasteiger partial charge in [0.05, 0.1) is 14.2 Å². The standard InChI is InChI=1S/C18H18BrF3N2OS/c19-16-5-4-15(26-16)17(25)23-14-6-8-24(9-7-14)11-12-2-1-3-13(10-12)18(20,21)22/h1-5,10,14H,6-9,11H2,(H,23,25). The van der Waals surface area contributed by atoms with Gasteiger partial charge in [-0.05, 0) is 52.5 Å². The van der Waals surface area contributed by atoms with Crippen LogP contribution in [-0.4, -0.2) is 29.9 Å². The molecule has 0 radical (unpaired) electrons. The minimum absolute atomic E-state index is 0.0722. The molecule has 1 aliphatic heterocycles. The zero-order chi connectivity index (χ0) is 18.7. The second-order valence-electron chi connectivity index (χ2n) is 6.33. The first-order valence-electron chi connectivity index (χ1n) is 8.26. The van der Waals surface area contributed by atoms with Crippen LogP contribution >= 0.6 is 27.3 Å². The molecule has 1 fully saturated rings. The maximum atomic E-state index is 12.8. The third-order valence-corrected chi connectivity index (χ3v) is 6.00. The van der Waals surface area contributed by atoms with Gasteiger partial charge in [0.15, 0.2) is 0 Å². The van der Waals surface area contributed by atoms with E-state index in [9.17, 15) is 18.0 Å². The Morgan fingerprint density at radius 1 is 1.23 bits per heavy atom. The lowest BCUT2D eigenvalue weighted by Gasteiger charge is -2.32. The number of hydrogen-bond acceptors (Lipinski definition) is 3. The van der Waals surface area contributed by atoms with E-state index in [0.717, 1.165) is 35.8 Å². The number of halogens is 4. The third kappa shape index (κ3) is 5.08. The SMILES string of the molecule is O=C(NC1CCN(Cc2cccc(C(F)(F)F)c2)CC1)c1ccc(Br)s1. The first-order chi connectivity index (χ1) is 12.3. The molecule has 26 heavy (non-hydrogen) atoms. The van der Waals surface area contributed by atoms with Crippen LogP contribution in [0.2, 0.25) is 0 Å². The number of likely N-dealkylation sites (tertiary alicyclic amines) is 1. The Kier molecular flexibility index (Phi) is 6.04. The van der Waals surface area contributed by atoms with Crippen molar-refractivity contribution in [1.29, 1.82) is 0 Å². The van der Waals surface area contributed by atoms with Crippen molar-refractivity contribution >= 4 is 33.2 Å². The summed E-state index contributed by atoms with van der Waals surface area (Å²) in [6.07, 6.45) is -2.74. The number of piperidine rings is 1. The summed E-state index contributed by atoms with van der Waals surface area (Å²) in [5.74, 6) is -0.0722. The molecule has 2 heterocycles. The van der Waals surface area contributed by atoms with Crippen molar-refractivity contribution in [3.8, 4) is 0 Å². The van der Waals surface area contributed by atoms with Gasteiger partial charge >= 0.3 is 6.18 Å². The molecule has 3 rings (SSSR count). The average Bonchev–Trinajstić information content (AvgIpc) is 3.03. The van der Waals surface area contributed by atoms with Gasteiger partial charge in [-0.3, -0.25) is 9.69 Å². The van der Waals surface area contributed by atoms with Gasteiger partial charge in [-0.1, -0.05) is 18.2 Å². The molecule has 3 nitrogen and oxygen atoms in total. The van der Waals surface area contributed by atoms with Crippen LogP contribution in [0.3, 0.4) is 0 Å². The van der Waals surface area contributed by atoms with Crippen LogP contribution in [0, 0.1) is 0 Å². The van der Waals surface area contributed by atoms with E-state index < -0.39 is 11.7 Å². The number of hydrogen-bond donors (Lipinski definition) is 1. The predicted molar refractivity (Wildman–Crippen MR) is 99.2 cm³/mol. The van der Waals surface area contributed by atoms with Crippen LogP contribution in [0.15, 0.2) is 40.2 Å². The van der Waals surface area contributed by atoms with Gasteiger partial charge in [-0.15, -0.1) is 11.3 Å². The van der Waals surface area contributed by atoms with Gasteiger partial charge < -0.3 is 5.32 Å². The summed E-state index contributed by atoms with van der Waals surface area (Å²) >= 11 is 4.74.